The van der Waals surface area contributed by atoms with Gasteiger partial charge in [0.25, 0.3) is 0 Å². The van der Waals surface area contributed by atoms with E-state index in [1.165, 1.54) is 4.90 Å². The highest BCUT2D eigenvalue weighted by atomic mass is 16.6. The molecule has 2 N–H and O–H groups in total. The number of urea groups is 1. The van der Waals surface area contributed by atoms with Crippen molar-refractivity contribution < 1.29 is 9.63 Å². The van der Waals surface area contributed by atoms with Crippen molar-refractivity contribution in [2.45, 2.75) is 13.0 Å². The van der Waals surface area contributed by atoms with Crippen LogP contribution >= 0.6 is 0 Å². The highest BCUT2D eigenvalue weighted by Gasteiger charge is 2.27. The number of carbonyl (C=O) groups excluding carboxylic acids is 1. The van der Waals surface area contributed by atoms with E-state index in [9.17, 15) is 4.79 Å². The molecular formula is C22H19N3O2. The summed E-state index contributed by atoms with van der Waals surface area (Å²) in [7, 11) is 0. The van der Waals surface area contributed by atoms with Crippen LogP contribution in [0.1, 0.15) is 16.7 Å². The minimum atomic E-state index is -0.527. The van der Waals surface area contributed by atoms with Crippen LogP contribution < -0.4 is 10.6 Å². The number of hydrogen-bond donors (Lipinski definition) is 1. The lowest BCUT2D eigenvalue weighted by Crippen LogP contribution is -2.32. The molecule has 2 amide bonds. The van der Waals surface area contributed by atoms with Gasteiger partial charge in [-0.3, -0.25) is 4.90 Å². The number of oxime groups is 1. The molecule has 0 atom stereocenters. The second kappa shape index (κ2) is 7.33. The molecule has 5 nitrogen and oxygen atoms in total. The van der Waals surface area contributed by atoms with Gasteiger partial charge in [0, 0.05) is 12.0 Å². The van der Waals surface area contributed by atoms with Crippen molar-refractivity contribution in [3.63, 3.8) is 0 Å². The maximum absolute atomic E-state index is 12.2. The predicted octanol–water partition coefficient (Wildman–Crippen LogP) is 4.38. The molecule has 0 aliphatic carbocycles. The molecule has 0 saturated heterocycles. The van der Waals surface area contributed by atoms with Gasteiger partial charge in [-0.05, 0) is 23.3 Å². The van der Waals surface area contributed by atoms with Gasteiger partial charge in [0.2, 0.25) is 0 Å². The summed E-state index contributed by atoms with van der Waals surface area (Å²) < 4.78 is 0. The summed E-state index contributed by atoms with van der Waals surface area (Å²) in [5.74, 6) is 0. The molecule has 27 heavy (non-hydrogen) atoms. The highest BCUT2D eigenvalue weighted by Crippen LogP contribution is 2.36. The molecule has 3 aromatic carbocycles. The lowest BCUT2D eigenvalue weighted by Gasteiger charge is -2.22. The van der Waals surface area contributed by atoms with Crippen molar-refractivity contribution in [1.29, 1.82) is 0 Å². The number of para-hydroxylation sites is 2. The summed E-state index contributed by atoms with van der Waals surface area (Å²) in [5, 5.41) is 4.41. The van der Waals surface area contributed by atoms with Gasteiger partial charge >= 0.3 is 6.03 Å². The van der Waals surface area contributed by atoms with Gasteiger partial charge in [-0.2, -0.15) is 0 Å². The van der Waals surface area contributed by atoms with Gasteiger partial charge in [0.1, 0.15) is 6.61 Å². The van der Waals surface area contributed by atoms with E-state index in [0.29, 0.717) is 18.7 Å². The Bertz CT molecular complexity index is 999. The summed E-state index contributed by atoms with van der Waals surface area (Å²) in [5.41, 5.74) is 10.8. The number of nitrogens with two attached hydrogens (primary N) is 1. The molecule has 5 heteroatoms. The number of hydrogen-bond acceptors (Lipinski definition) is 3. The summed E-state index contributed by atoms with van der Waals surface area (Å²) in [6.45, 7) is 0.383. The number of primary amides is 1. The van der Waals surface area contributed by atoms with E-state index in [2.05, 4.69) is 5.16 Å². The topological polar surface area (TPSA) is 67.9 Å². The number of anilines is 2. The molecule has 0 saturated carbocycles. The van der Waals surface area contributed by atoms with E-state index in [1.807, 2.05) is 78.9 Å². The molecule has 1 aliphatic rings. The van der Waals surface area contributed by atoms with Gasteiger partial charge in [-0.1, -0.05) is 71.9 Å². The predicted molar refractivity (Wildman–Crippen MR) is 106 cm³/mol. The second-order valence-corrected chi connectivity index (χ2v) is 6.29. The van der Waals surface area contributed by atoms with Crippen LogP contribution in [-0.2, 0) is 17.9 Å². The fourth-order valence-electron chi connectivity index (χ4n) is 3.27. The van der Waals surface area contributed by atoms with Crippen LogP contribution in [-0.4, -0.2) is 11.7 Å². The monoisotopic (exact) mass is 357 g/mol. The van der Waals surface area contributed by atoms with Crippen LogP contribution in [0.5, 0.6) is 0 Å². The van der Waals surface area contributed by atoms with Crippen molar-refractivity contribution in [3.8, 4) is 0 Å². The van der Waals surface area contributed by atoms with Crippen LogP contribution in [0.4, 0.5) is 16.2 Å². The Labute approximate surface area is 157 Å². The first-order valence-electron chi connectivity index (χ1n) is 8.73. The molecule has 4 rings (SSSR count). The first kappa shape index (κ1) is 16.8. The first-order chi connectivity index (χ1) is 13.2. The third kappa shape index (κ3) is 3.40. The van der Waals surface area contributed by atoms with Crippen LogP contribution in [0, 0.1) is 0 Å². The number of carbonyl (C=O) groups is 1. The molecule has 0 radical (unpaired) electrons. The molecule has 3 aromatic rings. The number of nitrogens with zero attached hydrogens (tertiary/aromatic N) is 2. The Morgan fingerprint density at radius 3 is 2.37 bits per heavy atom. The summed E-state index contributed by atoms with van der Waals surface area (Å²) in [6, 6.07) is 24.7. The molecule has 0 unspecified atom stereocenters. The zero-order chi connectivity index (χ0) is 18.6. The number of amides is 2. The summed E-state index contributed by atoms with van der Waals surface area (Å²) in [6.07, 6.45) is 0.547. The van der Waals surface area contributed by atoms with Crippen molar-refractivity contribution >= 4 is 23.1 Å². The van der Waals surface area contributed by atoms with Gasteiger partial charge < -0.3 is 10.6 Å². The van der Waals surface area contributed by atoms with E-state index in [-0.39, 0.29) is 0 Å². The highest BCUT2D eigenvalue weighted by molar-refractivity contribution is 6.13. The van der Waals surface area contributed by atoms with E-state index in [4.69, 9.17) is 10.6 Å². The zero-order valence-electron chi connectivity index (χ0n) is 14.7. The second-order valence-electron chi connectivity index (χ2n) is 6.29. The van der Waals surface area contributed by atoms with Crippen molar-refractivity contribution in [2.75, 3.05) is 4.90 Å². The minimum Gasteiger partial charge on any atom is -0.391 e. The molecule has 1 aliphatic heterocycles. The van der Waals surface area contributed by atoms with E-state index >= 15 is 0 Å². The van der Waals surface area contributed by atoms with Crippen LogP contribution in [0.3, 0.4) is 0 Å². The average Bonchev–Trinajstić information content (AvgIpc) is 2.83. The Kier molecular flexibility index (Phi) is 4.58. The summed E-state index contributed by atoms with van der Waals surface area (Å²) >= 11 is 0. The standard InChI is InChI=1S/C22H19N3O2/c23-22(26)25-20-12-6-4-10-17(20)14-19(18-11-5-7-13-21(18)25)24-27-15-16-8-2-1-3-9-16/h1-13H,14-15H2,(H2,23,26)/b24-19-. The maximum Gasteiger partial charge on any atom is 0.323 e. The largest absolute Gasteiger partial charge is 0.391 e. The van der Waals surface area contributed by atoms with Gasteiger partial charge in [-0.15, -0.1) is 0 Å². The SMILES string of the molecule is NC(=O)N1c2ccccc2C/C(=N/OCc2ccccc2)c2ccccc21. The first-order valence-corrected chi connectivity index (χ1v) is 8.73. The van der Waals surface area contributed by atoms with Crippen LogP contribution in [0.25, 0.3) is 0 Å². The molecule has 0 aromatic heterocycles. The third-order valence-corrected chi connectivity index (χ3v) is 4.52. The quantitative estimate of drug-likeness (QED) is 0.707. The molecule has 1 heterocycles. The van der Waals surface area contributed by atoms with Crippen molar-refractivity contribution in [1.82, 2.24) is 0 Å². The number of rotatable bonds is 3. The van der Waals surface area contributed by atoms with Gasteiger partial charge in [0.05, 0.1) is 17.1 Å². The molecule has 0 bridgehead atoms. The fraction of sp³-hybridized carbons (Fsp3) is 0.0909. The van der Waals surface area contributed by atoms with E-state index in [0.717, 1.165) is 28.1 Å². The molecule has 0 fully saturated rings. The molecule has 0 spiro atoms. The Morgan fingerprint density at radius 1 is 0.926 bits per heavy atom. The summed E-state index contributed by atoms with van der Waals surface area (Å²) in [4.78, 5) is 19.4. The van der Waals surface area contributed by atoms with Crippen molar-refractivity contribution in [3.05, 3.63) is 95.6 Å². The lowest BCUT2D eigenvalue weighted by molar-refractivity contribution is 0.130. The van der Waals surface area contributed by atoms with Gasteiger partial charge in [-0.25, -0.2) is 4.79 Å². The Balaban J connectivity index is 1.75. The maximum atomic E-state index is 12.2. The molecule has 134 valence electrons. The zero-order valence-corrected chi connectivity index (χ0v) is 14.7. The Hall–Kier alpha value is -3.60. The van der Waals surface area contributed by atoms with Gasteiger partial charge in [0.15, 0.2) is 0 Å². The number of fused-ring (bicyclic) bond motifs is 2. The third-order valence-electron chi connectivity index (χ3n) is 4.52. The van der Waals surface area contributed by atoms with E-state index in [1.54, 1.807) is 0 Å². The van der Waals surface area contributed by atoms with Crippen LogP contribution in [0.15, 0.2) is 84.0 Å². The lowest BCUT2D eigenvalue weighted by atomic mass is 10.0. The van der Waals surface area contributed by atoms with Crippen molar-refractivity contribution in [2.24, 2.45) is 10.9 Å². The van der Waals surface area contributed by atoms with E-state index < -0.39 is 6.03 Å². The minimum absolute atomic E-state index is 0.383. The Morgan fingerprint density at radius 2 is 1.59 bits per heavy atom. The molecular weight excluding hydrogens is 338 g/mol. The smallest absolute Gasteiger partial charge is 0.323 e. The average molecular weight is 357 g/mol. The van der Waals surface area contributed by atoms with Crippen LogP contribution in [0.2, 0.25) is 0 Å². The number of benzene rings is 3. The normalized spacial score (nSPS) is 14.2. The fourth-order valence-corrected chi connectivity index (χ4v) is 3.27.